The zero-order chi connectivity index (χ0) is 13.4. The van der Waals surface area contributed by atoms with Gasteiger partial charge in [-0.2, -0.15) is 0 Å². The molecule has 0 unspecified atom stereocenters. The Kier molecular flexibility index (Phi) is 9.24. The molecule has 0 saturated heterocycles. The van der Waals surface area contributed by atoms with E-state index in [1.165, 1.54) is 18.5 Å². The number of methoxy groups -OCH3 is 1. The number of hydrogen-bond donors (Lipinski definition) is 2. The molecule has 0 saturated carbocycles. The van der Waals surface area contributed by atoms with Crippen LogP contribution in [0.1, 0.15) is 0 Å². The first-order valence-corrected chi connectivity index (χ1v) is 7.22. The molecule has 6 nitrogen and oxygen atoms in total. The Labute approximate surface area is 124 Å². The van der Waals surface area contributed by atoms with Gasteiger partial charge in [0, 0.05) is 39.1 Å². The molecule has 0 bridgehead atoms. The van der Waals surface area contributed by atoms with Crippen molar-refractivity contribution in [3.63, 3.8) is 0 Å². The normalized spacial score (nSPS) is 11.1. The van der Waals surface area contributed by atoms with Gasteiger partial charge in [-0.3, -0.25) is 4.98 Å². The summed E-state index contributed by atoms with van der Waals surface area (Å²) in [5.74, 6) is 0. The quantitative estimate of drug-likeness (QED) is 0.685. The average Bonchev–Trinajstić information content (AvgIpc) is 2.33. The zero-order valence-corrected chi connectivity index (χ0v) is 12.8. The molecule has 0 spiro atoms. The monoisotopic (exact) mass is 329 g/mol. The third-order valence-electron chi connectivity index (χ3n) is 2.07. The lowest BCUT2D eigenvalue weighted by Gasteiger charge is -2.07. The van der Waals surface area contributed by atoms with E-state index >= 15 is 0 Å². The third kappa shape index (κ3) is 7.05. The van der Waals surface area contributed by atoms with E-state index in [1.807, 2.05) is 0 Å². The van der Waals surface area contributed by atoms with Crippen molar-refractivity contribution in [2.24, 2.45) is 0 Å². The second kappa shape index (κ2) is 9.46. The minimum Gasteiger partial charge on any atom is -0.383 e. The van der Waals surface area contributed by atoms with Crippen molar-refractivity contribution < 1.29 is 13.2 Å². The van der Waals surface area contributed by atoms with Gasteiger partial charge >= 0.3 is 0 Å². The van der Waals surface area contributed by atoms with E-state index in [0.717, 1.165) is 0 Å². The fraction of sp³-hybridized carbons (Fsp3) is 0.500. The van der Waals surface area contributed by atoms with E-state index in [-0.39, 0.29) is 22.3 Å². The Morgan fingerprint density at radius 3 is 2.68 bits per heavy atom. The molecule has 0 fully saturated rings. The van der Waals surface area contributed by atoms with Gasteiger partial charge in [0.1, 0.15) is 4.90 Å². The summed E-state index contributed by atoms with van der Waals surface area (Å²) in [4.78, 5) is 3.80. The minimum absolute atomic E-state index is 0. The van der Waals surface area contributed by atoms with E-state index in [9.17, 15) is 8.42 Å². The van der Waals surface area contributed by atoms with Crippen LogP contribution in [-0.4, -0.2) is 46.8 Å². The third-order valence-corrected chi connectivity index (χ3v) is 3.70. The first kappa shape index (κ1) is 18.6. The number of nitrogens with one attached hydrogen (secondary N) is 2. The van der Waals surface area contributed by atoms with E-state index in [0.29, 0.717) is 26.2 Å². The van der Waals surface area contributed by atoms with Crippen molar-refractivity contribution in [1.29, 1.82) is 0 Å². The minimum atomic E-state index is -3.54. The highest BCUT2D eigenvalue weighted by Gasteiger charge is 2.13. The van der Waals surface area contributed by atoms with Crippen LogP contribution in [0.15, 0.2) is 23.4 Å². The molecular formula is C10H17Cl2N3O3S. The molecule has 0 aliphatic rings. The van der Waals surface area contributed by atoms with E-state index in [1.54, 1.807) is 7.11 Å². The molecule has 0 aliphatic heterocycles. The molecule has 0 radical (unpaired) electrons. The Morgan fingerprint density at radius 2 is 2.05 bits per heavy atom. The maximum absolute atomic E-state index is 11.8. The number of ether oxygens (including phenoxy) is 1. The number of pyridine rings is 1. The van der Waals surface area contributed by atoms with Gasteiger partial charge in [-0.1, -0.05) is 11.6 Å². The Morgan fingerprint density at radius 1 is 1.32 bits per heavy atom. The van der Waals surface area contributed by atoms with Crippen molar-refractivity contribution in [3.8, 4) is 0 Å². The molecule has 1 aromatic rings. The van der Waals surface area contributed by atoms with Gasteiger partial charge < -0.3 is 10.1 Å². The van der Waals surface area contributed by atoms with Crippen molar-refractivity contribution in [2.45, 2.75) is 4.90 Å². The van der Waals surface area contributed by atoms with Gasteiger partial charge in [0.05, 0.1) is 11.6 Å². The SMILES string of the molecule is COCCNCCNS(=O)(=O)c1cncc(Cl)c1.Cl. The number of rotatable bonds is 8. The molecule has 1 heterocycles. The smallest absolute Gasteiger partial charge is 0.242 e. The molecule has 0 amide bonds. The second-order valence-electron chi connectivity index (χ2n) is 3.48. The highest BCUT2D eigenvalue weighted by molar-refractivity contribution is 7.89. The van der Waals surface area contributed by atoms with Gasteiger partial charge in [0.25, 0.3) is 0 Å². The highest BCUT2D eigenvalue weighted by atomic mass is 35.5. The van der Waals surface area contributed by atoms with Crippen LogP contribution in [0.4, 0.5) is 0 Å². The number of sulfonamides is 1. The lowest BCUT2D eigenvalue weighted by Crippen LogP contribution is -2.33. The molecule has 9 heteroatoms. The summed E-state index contributed by atoms with van der Waals surface area (Å²) in [5.41, 5.74) is 0. The fourth-order valence-corrected chi connectivity index (χ4v) is 2.45. The van der Waals surface area contributed by atoms with Crippen LogP contribution in [0.5, 0.6) is 0 Å². The van der Waals surface area contributed by atoms with Gasteiger partial charge in [-0.05, 0) is 6.07 Å². The van der Waals surface area contributed by atoms with Gasteiger partial charge in [-0.15, -0.1) is 12.4 Å². The van der Waals surface area contributed by atoms with Crippen molar-refractivity contribution >= 4 is 34.0 Å². The second-order valence-corrected chi connectivity index (χ2v) is 5.68. The van der Waals surface area contributed by atoms with Gasteiger partial charge in [-0.25, -0.2) is 13.1 Å². The standard InChI is InChI=1S/C10H16ClN3O3S.ClH/c1-17-5-4-12-2-3-14-18(15,16)10-6-9(11)7-13-8-10;/h6-8,12,14H,2-5H2,1H3;1H. The van der Waals surface area contributed by atoms with Crippen LogP contribution in [0, 0.1) is 0 Å². The Bertz CT molecular complexity index is 471. The van der Waals surface area contributed by atoms with E-state index in [2.05, 4.69) is 15.0 Å². The summed E-state index contributed by atoms with van der Waals surface area (Å²) in [6.45, 7) is 2.08. The molecule has 0 aromatic carbocycles. The summed E-state index contributed by atoms with van der Waals surface area (Å²) in [6, 6.07) is 1.36. The summed E-state index contributed by atoms with van der Waals surface area (Å²) >= 11 is 5.69. The lowest BCUT2D eigenvalue weighted by molar-refractivity contribution is 0.199. The van der Waals surface area contributed by atoms with Crippen molar-refractivity contribution in [1.82, 2.24) is 15.0 Å². The average molecular weight is 330 g/mol. The van der Waals surface area contributed by atoms with Crippen molar-refractivity contribution in [3.05, 3.63) is 23.5 Å². The Balaban J connectivity index is 0.00000324. The molecule has 0 aliphatic carbocycles. The number of aromatic nitrogens is 1. The number of hydrogen-bond acceptors (Lipinski definition) is 5. The lowest BCUT2D eigenvalue weighted by atomic mass is 10.5. The molecule has 110 valence electrons. The Hall–Kier alpha value is -0.440. The van der Waals surface area contributed by atoms with Crippen LogP contribution in [-0.2, 0) is 14.8 Å². The maximum Gasteiger partial charge on any atom is 0.242 e. The summed E-state index contributed by atoms with van der Waals surface area (Å²) < 4.78 is 30.9. The molecule has 19 heavy (non-hydrogen) atoms. The van der Waals surface area contributed by atoms with Gasteiger partial charge in [0.15, 0.2) is 0 Å². The topological polar surface area (TPSA) is 80.3 Å². The predicted molar refractivity (Wildman–Crippen MR) is 76.4 cm³/mol. The molecule has 0 atom stereocenters. The van der Waals surface area contributed by atoms with E-state index in [4.69, 9.17) is 16.3 Å². The summed E-state index contributed by atoms with van der Waals surface area (Å²) in [7, 11) is -1.94. The molecule has 1 aromatic heterocycles. The molecule has 2 N–H and O–H groups in total. The highest BCUT2D eigenvalue weighted by Crippen LogP contribution is 2.12. The zero-order valence-electron chi connectivity index (χ0n) is 10.4. The maximum atomic E-state index is 11.8. The first-order chi connectivity index (χ1) is 8.56. The van der Waals surface area contributed by atoms with Crippen LogP contribution in [0.3, 0.4) is 0 Å². The van der Waals surface area contributed by atoms with E-state index < -0.39 is 10.0 Å². The van der Waals surface area contributed by atoms with Crippen LogP contribution in [0.25, 0.3) is 0 Å². The van der Waals surface area contributed by atoms with Crippen molar-refractivity contribution in [2.75, 3.05) is 33.4 Å². The molecular weight excluding hydrogens is 313 g/mol. The first-order valence-electron chi connectivity index (χ1n) is 5.36. The van der Waals surface area contributed by atoms with Crippen LogP contribution >= 0.6 is 24.0 Å². The van der Waals surface area contributed by atoms with Crippen LogP contribution in [0.2, 0.25) is 5.02 Å². The molecule has 1 rings (SSSR count). The summed E-state index contributed by atoms with van der Waals surface area (Å²) in [5, 5.41) is 3.32. The van der Waals surface area contributed by atoms with Gasteiger partial charge in [0.2, 0.25) is 10.0 Å². The van der Waals surface area contributed by atoms with Crippen LogP contribution < -0.4 is 10.0 Å². The number of nitrogens with zero attached hydrogens (tertiary/aromatic N) is 1. The summed E-state index contributed by atoms with van der Waals surface area (Å²) in [6.07, 6.45) is 2.64. The predicted octanol–water partition coefficient (Wildman–Crippen LogP) is 0.671. The number of halogens is 2. The fourth-order valence-electron chi connectivity index (χ4n) is 1.20. The largest absolute Gasteiger partial charge is 0.383 e.